The number of hydrogen-bond donors (Lipinski definition) is 1. The lowest BCUT2D eigenvalue weighted by Crippen LogP contribution is -2.49. The van der Waals surface area contributed by atoms with E-state index in [0.29, 0.717) is 5.41 Å². The maximum atomic E-state index is 3.57. The molecule has 0 aromatic carbocycles. The van der Waals surface area contributed by atoms with Crippen LogP contribution >= 0.6 is 11.8 Å². The van der Waals surface area contributed by atoms with Crippen LogP contribution in [0.2, 0.25) is 0 Å². The van der Waals surface area contributed by atoms with Gasteiger partial charge in [0.15, 0.2) is 0 Å². The monoisotopic (exact) mass is 272 g/mol. The molecule has 1 saturated heterocycles. The van der Waals surface area contributed by atoms with Crippen LogP contribution < -0.4 is 5.32 Å². The average molecular weight is 273 g/mol. The topological polar surface area (TPSA) is 15.3 Å². The second kappa shape index (κ2) is 7.76. The van der Waals surface area contributed by atoms with Crippen LogP contribution in [-0.4, -0.2) is 48.1 Å². The highest BCUT2D eigenvalue weighted by Gasteiger charge is 2.31. The van der Waals surface area contributed by atoms with Gasteiger partial charge < -0.3 is 10.2 Å². The molecule has 0 saturated carbocycles. The van der Waals surface area contributed by atoms with Crippen LogP contribution in [0.25, 0.3) is 0 Å². The number of rotatable bonds is 7. The third-order valence-electron chi connectivity index (χ3n) is 4.30. The highest BCUT2D eigenvalue weighted by molar-refractivity contribution is 8.00. The largest absolute Gasteiger partial charge is 0.316 e. The number of nitrogens with zero attached hydrogens (tertiary/aromatic N) is 1. The van der Waals surface area contributed by atoms with Crippen LogP contribution in [0.5, 0.6) is 0 Å². The van der Waals surface area contributed by atoms with Gasteiger partial charge in [-0.25, -0.2) is 0 Å². The molecule has 18 heavy (non-hydrogen) atoms. The van der Waals surface area contributed by atoms with Crippen molar-refractivity contribution in [1.29, 1.82) is 0 Å². The van der Waals surface area contributed by atoms with Gasteiger partial charge in [0, 0.05) is 36.7 Å². The SMILES string of the molecule is CCNCC(CC)(CC)CN1CC(C)SC(C)C1. The number of nitrogens with one attached hydrogen (secondary N) is 1. The molecule has 1 rings (SSSR count). The Morgan fingerprint density at radius 3 is 2.11 bits per heavy atom. The van der Waals surface area contributed by atoms with Crippen LogP contribution in [0.3, 0.4) is 0 Å². The molecule has 2 atom stereocenters. The fourth-order valence-corrected chi connectivity index (χ4v) is 4.44. The summed E-state index contributed by atoms with van der Waals surface area (Å²) in [7, 11) is 0. The van der Waals surface area contributed by atoms with Gasteiger partial charge in [-0.05, 0) is 24.8 Å². The molecule has 0 aliphatic carbocycles. The van der Waals surface area contributed by atoms with Crippen molar-refractivity contribution < 1.29 is 0 Å². The summed E-state index contributed by atoms with van der Waals surface area (Å²) in [6.45, 7) is 17.7. The zero-order valence-corrected chi connectivity index (χ0v) is 13.8. The minimum absolute atomic E-state index is 0.470. The Balaban J connectivity index is 2.58. The first-order chi connectivity index (χ1) is 8.55. The molecule has 1 N–H and O–H groups in total. The molecule has 0 spiro atoms. The Kier molecular flexibility index (Phi) is 7.04. The van der Waals surface area contributed by atoms with E-state index >= 15 is 0 Å². The smallest absolute Gasteiger partial charge is 0.0149 e. The van der Waals surface area contributed by atoms with E-state index in [1.165, 1.54) is 39.0 Å². The molecule has 2 nitrogen and oxygen atoms in total. The third kappa shape index (κ3) is 4.75. The lowest BCUT2D eigenvalue weighted by molar-refractivity contribution is 0.133. The van der Waals surface area contributed by atoms with Gasteiger partial charge in [-0.2, -0.15) is 11.8 Å². The molecule has 1 fully saturated rings. The molecule has 1 heterocycles. The molecule has 1 aliphatic heterocycles. The number of thioether (sulfide) groups is 1. The van der Waals surface area contributed by atoms with Gasteiger partial charge in [-0.15, -0.1) is 0 Å². The second-order valence-electron chi connectivity index (χ2n) is 5.94. The van der Waals surface area contributed by atoms with Gasteiger partial charge in [-0.1, -0.05) is 34.6 Å². The first-order valence-electron chi connectivity index (χ1n) is 7.63. The van der Waals surface area contributed by atoms with Crippen molar-refractivity contribution in [3.63, 3.8) is 0 Å². The van der Waals surface area contributed by atoms with E-state index in [9.17, 15) is 0 Å². The maximum absolute atomic E-state index is 3.57. The molecule has 0 bridgehead atoms. The van der Waals surface area contributed by atoms with Crippen molar-refractivity contribution in [3.05, 3.63) is 0 Å². The summed E-state index contributed by atoms with van der Waals surface area (Å²) >= 11 is 2.15. The van der Waals surface area contributed by atoms with Crippen LogP contribution in [0.1, 0.15) is 47.5 Å². The predicted molar refractivity (Wildman–Crippen MR) is 84.5 cm³/mol. The second-order valence-corrected chi connectivity index (χ2v) is 7.82. The van der Waals surface area contributed by atoms with E-state index in [1.54, 1.807) is 0 Å². The van der Waals surface area contributed by atoms with E-state index in [-0.39, 0.29) is 0 Å². The average Bonchev–Trinajstić information content (AvgIpc) is 2.33. The van der Waals surface area contributed by atoms with Gasteiger partial charge in [-0.3, -0.25) is 0 Å². The quantitative estimate of drug-likeness (QED) is 0.766. The summed E-state index contributed by atoms with van der Waals surface area (Å²) in [5.41, 5.74) is 0.470. The maximum Gasteiger partial charge on any atom is 0.0149 e. The third-order valence-corrected chi connectivity index (χ3v) is 5.53. The molecule has 2 unspecified atom stereocenters. The Morgan fingerprint density at radius 1 is 1.11 bits per heavy atom. The predicted octanol–water partition coefficient (Wildman–Crippen LogP) is 3.23. The van der Waals surface area contributed by atoms with E-state index in [4.69, 9.17) is 0 Å². The minimum atomic E-state index is 0.470. The van der Waals surface area contributed by atoms with Crippen molar-refractivity contribution in [2.45, 2.75) is 58.0 Å². The van der Waals surface area contributed by atoms with E-state index in [1.807, 2.05) is 0 Å². The fourth-order valence-electron chi connectivity index (χ4n) is 3.06. The molecular weight excluding hydrogens is 240 g/mol. The molecule has 1 aliphatic rings. The van der Waals surface area contributed by atoms with Crippen LogP contribution in [0, 0.1) is 5.41 Å². The Morgan fingerprint density at radius 2 is 1.67 bits per heavy atom. The first-order valence-corrected chi connectivity index (χ1v) is 8.58. The standard InChI is InChI=1S/C15H32N2S/c1-6-15(7-2,11-16-8-3)12-17-9-13(4)18-14(5)10-17/h13-14,16H,6-12H2,1-5H3. The molecule has 3 heteroatoms. The van der Waals surface area contributed by atoms with Gasteiger partial charge in [0.05, 0.1) is 0 Å². The van der Waals surface area contributed by atoms with E-state index < -0.39 is 0 Å². The summed E-state index contributed by atoms with van der Waals surface area (Å²) < 4.78 is 0. The van der Waals surface area contributed by atoms with Gasteiger partial charge >= 0.3 is 0 Å². The Labute approximate surface area is 118 Å². The van der Waals surface area contributed by atoms with Crippen LogP contribution in [0.15, 0.2) is 0 Å². The Hall–Kier alpha value is 0.270. The van der Waals surface area contributed by atoms with Crippen LogP contribution in [-0.2, 0) is 0 Å². The van der Waals surface area contributed by atoms with E-state index in [0.717, 1.165) is 17.0 Å². The number of hydrogen-bond acceptors (Lipinski definition) is 3. The summed E-state index contributed by atoms with van der Waals surface area (Å²) in [5.74, 6) is 0. The van der Waals surface area contributed by atoms with Gasteiger partial charge in [0.2, 0.25) is 0 Å². The highest BCUT2D eigenvalue weighted by atomic mass is 32.2. The zero-order valence-electron chi connectivity index (χ0n) is 13.0. The van der Waals surface area contributed by atoms with Crippen molar-refractivity contribution >= 4 is 11.8 Å². The first kappa shape index (κ1) is 16.3. The van der Waals surface area contributed by atoms with E-state index in [2.05, 4.69) is 56.6 Å². The normalized spacial score (nSPS) is 26.5. The van der Waals surface area contributed by atoms with Crippen LogP contribution in [0.4, 0.5) is 0 Å². The summed E-state index contributed by atoms with van der Waals surface area (Å²) in [6, 6.07) is 0. The lowest BCUT2D eigenvalue weighted by Gasteiger charge is -2.42. The van der Waals surface area contributed by atoms with Gasteiger partial charge in [0.25, 0.3) is 0 Å². The fraction of sp³-hybridized carbons (Fsp3) is 1.00. The molecule has 0 radical (unpaired) electrons. The molecule has 0 aromatic heterocycles. The van der Waals surface area contributed by atoms with Crippen molar-refractivity contribution in [2.24, 2.45) is 5.41 Å². The Bertz CT molecular complexity index is 219. The molecule has 0 aromatic rings. The summed E-state index contributed by atoms with van der Waals surface area (Å²) in [5, 5.41) is 5.15. The molecular formula is C15H32N2S. The molecule has 108 valence electrons. The van der Waals surface area contributed by atoms with Crippen molar-refractivity contribution in [1.82, 2.24) is 10.2 Å². The lowest BCUT2D eigenvalue weighted by atomic mass is 9.81. The van der Waals surface area contributed by atoms with Crippen molar-refractivity contribution in [2.75, 3.05) is 32.7 Å². The van der Waals surface area contributed by atoms with Crippen molar-refractivity contribution in [3.8, 4) is 0 Å². The van der Waals surface area contributed by atoms with Gasteiger partial charge in [0.1, 0.15) is 0 Å². The zero-order chi connectivity index (χ0) is 13.6. The summed E-state index contributed by atoms with van der Waals surface area (Å²) in [4.78, 5) is 2.70. The molecule has 0 amide bonds. The summed E-state index contributed by atoms with van der Waals surface area (Å²) in [6.07, 6.45) is 2.56. The minimum Gasteiger partial charge on any atom is -0.316 e. The highest BCUT2D eigenvalue weighted by Crippen LogP contribution is 2.31.